The zero-order valence-electron chi connectivity index (χ0n) is 16.9. The van der Waals surface area contributed by atoms with Crippen molar-refractivity contribution in [2.75, 3.05) is 12.4 Å². The Morgan fingerprint density at radius 3 is 2.42 bits per heavy atom. The van der Waals surface area contributed by atoms with E-state index in [9.17, 15) is 9.59 Å². The van der Waals surface area contributed by atoms with Gasteiger partial charge in [-0.15, -0.1) is 0 Å². The van der Waals surface area contributed by atoms with Crippen molar-refractivity contribution in [3.05, 3.63) is 78.1 Å². The van der Waals surface area contributed by atoms with E-state index in [1.165, 1.54) is 14.0 Å². The lowest BCUT2D eigenvalue weighted by Gasteiger charge is -2.12. The first-order chi connectivity index (χ1) is 15.0. The van der Waals surface area contributed by atoms with Gasteiger partial charge in [-0.3, -0.25) is 9.20 Å². The SMILES string of the molecule is COC(=O)c1ccc(-c2ccc3ncc(-c4ccc(C#N)cc4)n3c2)cc1NC(C)=O. The lowest BCUT2D eigenvalue weighted by molar-refractivity contribution is -0.114. The van der Waals surface area contributed by atoms with E-state index < -0.39 is 5.97 Å². The minimum atomic E-state index is -0.525. The number of hydrogen-bond acceptors (Lipinski definition) is 5. The van der Waals surface area contributed by atoms with Crippen LogP contribution in [0.15, 0.2) is 67.0 Å². The Bertz CT molecular complexity index is 1350. The van der Waals surface area contributed by atoms with Gasteiger partial charge in [-0.2, -0.15) is 5.26 Å². The highest BCUT2D eigenvalue weighted by atomic mass is 16.5. The maximum atomic E-state index is 12.0. The summed E-state index contributed by atoms with van der Waals surface area (Å²) in [6, 6.07) is 18.4. The average Bonchev–Trinajstić information content (AvgIpc) is 3.21. The first-order valence-corrected chi connectivity index (χ1v) is 9.48. The largest absolute Gasteiger partial charge is 0.465 e. The molecule has 4 aromatic rings. The van der Waals surface area contributed by atoms with Gasteiger partial charge in [0.1, 0.15) is 5.65 Å². The molecule has 0 aliphatic carbocycles. The van der Waals surface area contributed by atoms with Gasteiger partial charge in [0.05, 0.1) is 41.9 Å². The minimum Gasteiger partial charge on any atom is -0.465 e. The number of pyridine rings is 1. The van der Waals surface area contributed by atoms with Crippen molar-refractivity contribution < 1.29 is 14.3 Å². The third kappa shape index (κ3) is 3.87. The van der Waals surface area contributed by atoms with Gasteiger partial charge >= 0.3 is 5.97 Å². The van der Waals surface area contributed by atoms with Crippen molar-refractivity contribution in [2.45, 2.75) is 6.92 Å². The summed E-state index contributed by atoms with van der Waals surface area (Å²) in [6.07, 6.45) is 3.73. The summed E-state index contributed by atoms with van der Waals surface area (Å²) in [5.41, 5.74) is 5.54. The summed E-state index contributed by atoms with van der Waals surface area (Å²) in [6.45, 7) is 1.38. The Morgan fingerprint density at radius 1 is 1.03 bits per heavy atom. The van der Waals surface area contributed by atoms with E-state index in [0.717, 1.165) is 28.0 Å². The fraction of sp³-hybridized carbons (Fsp3) is 0.0833. The summed E-state index contributed by atoms with van der Waals surface area (Å²) in [7, 11) is 1.30. The molecule has 4 rings (SSSR count). The Hall–Kier alpha value is -4.44. The first kappa shape index (κ1) is 19.9. The highest BCUT2D eigenvalue weighted by Gasteiger charge is 2.15. The standard InChI is InChI=1S/C24H18N4O3/c1-15(29)27-21-11-18(7-9-20(21)24(30)31-2)19-8-10-23-26-13-22(28(23)14-19)17-5-3-16(12-25)4-6-17/h3-11,13-14H,1-2H3,(H,27,29). The van der Waals surface area contributed by atoms with Crippen molar-refractivity contribution in [2.24, 2.45) is 0 Å². The molecule has 0 fully saturated rings. The van der Waals surface area contributed by atoms with E-state index in [1.54, 1.807) is 36.5 Å². The van der Waals surface area contributed by atoms with Crippen LogP contribution in [0.1, 0.15) is 22.8 Å². The van der Waals surface area contributed by atoms with E-state index in [4.69, 9.17) is 10.00 Å². The van der Waals surface area contributed by atoms with Crippen molar-refractivity contribution in [3.8, 4) is 28.5 Å². The van der Waals surface area contributed by atoms with Crippen molar-refractivity contribution >= 4 is 23.2 Å². The zero-order valence-corrected chi connectivity index (χ0v) is 16.9. The van der Waals surface area contributed by atoms with Gasteiger partial charge < -0.3 is 10.1 Å². The molecule has 152 valence electrons. The second-order valence-electron chi connectivity index (χ2n) is 6.91. The monoisotopic (exact) mass is 410 g/mol. The van der Waals surface area contributed by atoms with Crippen LogP contribution in [0.3, 0.4) is 0 Å². The number of carbonyl (C=O) groups is 2. The third-order valence-electron chi connectivity index (χ3n) is 4.88. The Balaban J connectivity index is 1.80. The zero-order chi connectivity index (χ0) is 22.0. The van der Waals surface area contributed by atoms with Crippen LogP contribution < -0.4 is 5.32 Å². The maximum absolute atomic E-state index is 12.0. The van der Waals surface area contributed by atoms with E-state index in [1.807, 2.05) is 34.9 Å². The molecular formula is C24H18N4O3. The molecule has 2 aromatic heterocycles. The summed E-state index contributed by atoms with van der Waals surface area (Å²) in [5, 5.41) is 11.7. The molecule has 0 saturated heterocycles. The van der Waals surface area contributed by atoms with Gasteiger partial charge in [-0.1, -0.05) is 18.2 Å². The van der Waals surface area contributed by atoms with Crippen LogP contribution in [0.4, 0.5) is 5.69 Å². The summed E-state index contributed by atoms with van der Waals surface area (Å²) >= 11 is 0. The number of imidazole rings is 1. The predicted octanol–water partition coefficient (Wildman–Crippen LogP) is 4.28. The normalized spacial score (nSPS) is 10.5. The molecule has 1 amide bonds. The number of nitriles is 1. The molecule has 31 heavy (non-hydrogen) atoms. The predicted molar refractivity (Wildman–Crippen MR) is 116 cm³/mol. The Kier molecular flexibility index (Phi) is 5.21. The number of nitrogens with one attached hydrogen (secondary N) is 1. The number of rotatable bonds is 4. The molecule has 0 bridgehead atoms. The maximum Gasteiger partial charge on any atom is 0.339 e. The Morgan fingerprint density at radius 2 is 1.74 bits per heavy atom. The quantitative estimate of drug-likeness (QED) is 0.507. The number of amides is 1. The van der Waals surface area contributed by atoms with Crippen LogP contribution >= 0.6 is 0 Å². The number of nitrogens with zero attached hydrogens (tertiary/aromatic N) is 3. The van der Waals surface area contributed by atoms with E-state index >= 15 is 0 Å². The minimum absolute atomic E-state index is 0.281. The van der Waals surface area contributed by atoms with Gasteiger partial charge in [-0.05, 0) is 47.5 Å². The van der Waals surface area contributed by atoms with Gasteiger partial charge in [0.25, 0.3) is 0 Å². The average molecular weight is 410 g/mol. The number of ether oxygens (including phenoxy) is 1. The molecule has 0 atom stereocenters. The number of hydrogen-bond donors (Lipinski definition) is 1. The first-order valence-electron chi connectivity index (χ1n) is 9.48. The summed E-state index contributed by atoms with van der Waals surface area (Å²) < 4.78 is 6.77. The van der Waals surface area contributed by atoms with Gasteiger partial charge in [-0.25, -0.2) is 9.78 Å². The molecule has 7 heteroatoms. The van der Waals surface area contributed by atoms with Crippen LogP contribution in [0.25, 0.3) is 28.0 Å². The summed E-state index contributed by atoms with van der Waals surface area (Å²) in [5.74, 6) is -0.807. The number of fused-ring (bicyclic) bond motifs is 1. The number of anilines is 1. The van der Waals surface area contributed by atoms with E-state index in [0.29, 0.717) is 11.3 Å². The lowest BCUT2D eigenvalue weighted by atomic mass is 10.0. The van der Waals surface area contributed by atoms with E-state index in [2.05, 4.69) is 16.4 Å². The molecule has 2 aromatic carbocycles. The molecule has 1 N–H and O–H groups in total. The van der Waals surface area contributed by atoms with Crippen LogP contribution in [-0.4, -0.2) is 28.4 Å². The topological polar surface area (TPSA) is 96.5 Å². The molecule has 0 aliphatic heterocycles. The fourth-order valence-corrected chi connectivity index (χ4v) is 3.39. The number of benzene rings is 2. The highest BCUT2D eigenvalue weighted by Crippen LogP contribution is 2.29. The number of aromatic nitrogens is 2. The third-order valence-corrected chi connectivity index (χ3v) is 4.88. The van der Waals surface area contributed by atoms with Gasteiger partial charge in [0.15, 0.2) is 0 Å². The smallest absolute Gasteiger partial charge is 0.339 e. The molecule has 0 radical (unpaired) electrons. The molecular weight excluding hydrogens is 392 g/mol. The number of carbonyl (C=O) groups excluding carboxylic acids is 2. The van der Waals surface area contributed by atoms with Gasteiger partial charge in [0.2, 0.25) is 5.91 Å². The molecule has 7 nitrogen and oxygen atoms in total. The van der Waals surface area contributed by atoms with Crippen molar-refractivity contribution in [1.29, 1.82) is 5.26 Å². The van der Waals surface area contributed by atoms with Crippen LogP contribution in [0.2, 0.25) is 0 Å². The summed E-state index contributed by atoms with van der Waals surface area (Å²) in [4.78, 5) is 28.1. The Labute approximate surface area is 178 Å². The fourth-order valence-electron chi connectivity index (χ4n) is 3.39. The van der Waals surface area contributed by atoms with Crippen molar-refractivity contribution in [3.63, 3.8) is 0 Å². The lowest BCUT2D eigenvalue weighted by Crippen LogP contribution is -2.12. The van der Waals surface area contributed by atoms with E-state index in [-0.39, 0.29) is 11.5 Å². The number of methoxy groups -OCH3 is 1. The molecule has 0 spiro atoms. The second-order valence-corrected chi connectivity index (χ2v) is 6.91. The van der Waals surface area contributed by atoms with Crippen LogP contribution in [0.5, 0.6) is 0 Å². The molecule has 2 heterocycles. The molecule has 0 aliphatic rings. The van der Waals surface area contributed by atoms with Crippen LogP contribution in [-0.2, 0) is 9.53 Å². The molecule has 0 saturated carbocycles. The highest BCUT2D eigenvalue weighted by molar-refractivity contribution is 6.01. The van der Waals surface area contributed by atoms with Gasteiger partial charge in [0, 0.05) is 18.7 Å². The second kappa shape index (κ2) is 8.13. The number of esters is 1. The molecule has 0 unspecified atom stereocenters. The van der Waals surface area contributed by atoms with Crippen molar-refractivity contribution in [1.82, 2.24) is 9.38 Å². The van der Waals surface area contributed by atoms with Crippen LogP contribution in [0, 0.1) is 11.3 Å².